The molecule has 142 valence electrons. The highest BCUT2D eigenvalue weighted by molar-refractivity contribution is 6.30. The van der Waals surface area contributed by atoms with Gasteiger partial charge < -0.3 is 4.57 Å². The van der Waals surface area contributed by atoms with Gasteiger partial charge in [-0.05, 0) is 37.3 Å². The maximum Gasteiger partial charge on any atom is 0.163 e. The van der Waals surface area contributed by atoms with E-state index in [9.17, 15) is 0 Å². The van der Waals surface area contributed by atoms with Gasteiger partial charge in [-0.2, -0.15) is 9.89 Å². The molecule has 8 heteroatoms. The number of aromatic nitrogens is 6. The van der Waals surface area contributed by atoms with Crippen LogP contribution in [0, 0.1) is 0 Å². The van der Waals surface area contributed by atoms with Crippen LogP contribution in [0.15, 0.2) is 61.1 Å². The van der Waals surface area contributed by atoms with Gasteiger partial charge in [-0.25, -0.2) is 0 Å². The van der Waals surface area contributed by atoms with Crippen molar-refractivity contribution in [3.63, 3.8) is 0 Å². The third-order valence-corrected chi connectivity index (χ3v) is 4.84. The average Bonchev–Trinajstić information content (AvgIpc) is 3.34. The fourth-order valence-electron chi connectivity index (χ4n) is 3.11. The van der Waals surface area contributed by atoms with Crippen LogP contribution in [-0.4, -0.2) is 36.2 Å². The summed E-state index contributed by atoms with van der Waals surface area (Å²) in [4.78, 5) is 5.96. The molecule has 0 fully saturated rings. The van der Waals surface area contributed by atoms with Gasteiger partial charge in [0, 0.05) is 42.1 Å². The smallest absolute Gasteiger partial charge is 0.163 e. The largest absolute Gasteiger partial charge is 0.313 e. The zero-order valence-corrected chi connectivity index (χ0v) is 16.5. The molecule has 0 spiro atoms. The molecule has 0 saturated carbocycles. The van der Waals surface area contributed by atoms with Gasteiger partial charge in [0.15, 0.2) is 11.6 Å². The lowest BCUT2D eigenvalue weighted by molar-refractivity contribution is 0.526. The molecule has 3 aromatic heterocycles. The molecule has 0 radical (unpaired) electrons. The topological polar surface area (TPSA) is 64.7 Å². The SMILES string of the molecule is CCN(Cc1nnc(-c2ccncc2)n1C)n1nccc1-c1cccc(Cl)c1. The number of hydrogen-bond acceptors (Lipinski definition) is 5. The Kier molecular flexibility index (Phi) is 5.08. The molecule has 0 aliphatic heterocycles. The van der Waals surface area contributed by atoms with E-state index in [1.807, 2.05) is 58.9 Å². The Morgan fingerprint density at radius 3 is 2.57 bits per heavy atom. The molecule has 0 aliphatic rings. The number of halogens is 1. The lowest BCUT2D eigenvalue weighted by Crippen LogP contribution is -2.36. The van der Waals surface area contributed by atoms with E-state index in [-0.39, 0.29) is 0 Å². The van der Waals surface area contributed by atoms with Gasteiger partial charge in [-0.15, -0.1) is 10.2 Å². The van der Waals surface area contributed by atoms with Crippen LogP contribution in [0.5, 0.6) is 0 Å². The average molecular weight is 394 g/mol. The summed E-state index contributed by atoms with van der Waals surface area (Å²) < 4.78 is 2.00. The second kappa shape index (κ2) is 7.82. The van der Waals surface area contributed by atoms with Crippen LogP contribution in [0.4, 0.5) is 0 Å². The first kappa shape index (κ1) is 18.2. The summed E-state index contributed by atoms with van der Waals surface area (Å²) in [5.41, 5.74) is 2.97. The van der Waals surface area contributed by atoms with Crippen LogP contribution in [0.1, 0.15) is 12.7 Å². The summed E-state index contributed by atoms with van der Waals surface area (Å²) in [5.74, 6) is 1.66. The molecule has 0 amide bonds. The number of rotatable bonds is 6. The van der Waals surface area contributed by atoms with Crippen molar-refractivity contribution in [2.24, 2.45) is 7.05 Å². The molecule has 0 bridgehead atoms. The van der Waals surface area contributed by atoms with Gasteiger partial charge in [0.2, 0.25) is 0 Å². The Bertz CT molecular complexity index is 1070. The molecule has 3 heterocycles. The van der Waals surface area contributed by atoms with Crippen molar-refractivity contribution >= 4 is 11.6 Å². The van der Waals surface area contributed by atoms with E-state index in [1.54, 1.807) is 18.6 Å². The number of pyridine rings is 1. The van der Waals surface area contributed by atoms with E-state index in [0.29, 0.717) is 11.6 Å². The van der Waals surface area contributed by atoms with Crippen LogP contribution in [0.2, 0.25) is 5.02 Å². The van der Waals surface area contributed by atoms with Crippen molar-refractivity contribution in [2.45, 2.75) is 13.5 Å². The van der Waals surface area contributed by atoms with Crippen LogP contribution in [-0.2, 0) is 13.6 Å². The van der Waals surface area contributed by atoms with Gasteiger partial charge >= 0.3 is 0 Å². The summed E-state index contributed by atoms with van der Waals surface area (Å²) in [7, 11) is 1.97. The molecule has 4 rings (SSSR count). The quantitative estimate of drug-likeness (QED) is 0.501. The molecule has 28 heavy (non-hydrogen) atoms. The maximum absolute atomic E-state index is 6.17. The van der Waals surface area contributed by atoms with Crippen molar-refractivity contribution in [2.75, 3.05) is 11.6 Å². The summed E-state index contributed by atoms with van der Waals surface area (Å²) in [5, 5.41) is 16.1. The second-order valence-electron chi connectivity index (χ2n) is 6.33. The summed E-state index contributed by atoms with van der Waals surface area (Å²) in [6.45, 7) is 3.41. The van der Waals surface area contributed by atoms with E-state index in [2.05, 4.69) is 32.2 Å². The van der Waals surface area contributed by atoms with Gasteiger partial charge in [0.1, 0.15) is 0 Å². The van der Waals surface area contributed by atoms with Crippen LogP contribution < -0.4 is 5.01 Å². The Morgan fingerprint density at radius 2 is 1.82 bits per heavy atom. The molecule has 7 nitrogen and oxygen atoms in total. The van der Waals surface area contributed by atoms with Crippen LogP contribution >= 0.6 is 11.6 Å². The fraction of sp³-hybridized carbons (Fsp3) is 0.200. The number of benzene rings is 1. The highest BCUT2D eigenvalue weighted by atomic mass is 35.5. The van der Waals surface area contributed by atoms with E-state index >= 15 is 0 Å². The van der Waals surface area contributed by atoms with E-state index in [1.165, 1.54) is 0 Å². The van der Waals surface area contributed by atoms with Crippen molar-refractivity contribution in [3.8, 4) is 22.6 Å². The Morgan fingerprint density at radius 1 is 1.00 bits per heavy atom. The Hall–Kier alpha value is -3.19. The molecule has 0 aliphatic carbocycles. The fourth-order valence-corrected chi connectivity index (χ4v) is 3.30. The molecule has 4 aromatic rings. The van der Waals surface area contributed by atoms with Crippen molar-refractivity contribution in [3.05, 3.63) is 71.9 Å². The molecule has 0 unspecified atom stereocenters. The summed E-state index contributed by atoms with van der Waals surface area (Å²) in [6.07, 6.45) is 5.30. The standard InChI is InChI=1S/C20H20ClN7/c1-3-27(28-18(9-12-23-28)16-5-4-6-17(21)13-16)14-19-24-25-20(26(19)2)15-7-10-22-11-8-15/h4-13H,3,14H2,1-2H3. The second-order valence-corrected chi connectivity index (χ2v) is 6.77. The number of hydrogen-bond donors (Lipinski definition) is 0. The predicted octanol–water partition coefficient (Wildman–Crippen LogP) is 3.55. The summed E-state index contributed by atoms with van der Waals surface area (Å²) in [6, 6.07) is 13.6. The normalized spacial score (nSPS) is 11.0. The van der Waals surface area contributed by atoms with E-state index in [4.69, 9.17) is 11.6 Å². The Labute approximate surface area is 168 Å². The zero-order valence-electron chi connectivity index (χ0n) is 15.7. The van der Waals surface area contributed by atoms with Crippen molar-refractivity contribution in [1.29, 1.82) is 0 Å². The first-order valence-electron chi connectivity index (χ1n) is 9.01. The molecule has 0 saturated heterocycles. The zero-order chi connectivity index (χ0) is 19.5. The summed E-state index contributed by atoms with van der Waals surface area (Å²) >= 11 is 6.17. The molecule has 0 atom stereocenters. The number of nitrogens with zero attached hydrogens (tertiary/aromatic N) is 7. The first-order chi connectivity index (χ1) is 13.7. The predicted molar refractivity (Wildman–Crippen MR) is 109 cm³/mol. The minimum Gasteiger partial charge on any atom is -0.313 e. The third kappa shape index (κ3) is 3.48. The highest BCUT2D eigenvalue weighted by Gasteiger charge is 2.17. The van der Waals surface area contributed by atoms with Crippen LogP contribution in [0.3, 0.4) is 0 Å². The molecular formula is C20H20ClN7. The molecular weight excluding hydrogens is 374 g/mol. The monoisotopic (exact) mass is 393 g/mol. The highest BCUT2D eigenvalue weighted by Crippen LogP contribution is 2.23. The van der Waals surface area contributed by atoms with Gasteiger partial charge in [-0.3, -0.25) is 9.99 Å². The third-order valence-electron chi connectivity index (χ3n) is 4.60. The van der Waals surface area contributed by atoms with Gasteiger partial charge in [-0.1, -0.05) is 23.7 Å². The maximum atomic E-state index is 6.17. The first-order valence-corrected chi connectivity index (χ1v) is 9.39. The van der Waals surface area contributed by atoms with E-state index < -0.39 is 0 Å². The van der Waals surface area contributed by atoms with Gasteiger partial charge in [0.25, 0.3) is 0 Å². The molecule has 0 N–H and O–H groups in total. The van der Waals surface area contributed by atoms with Crippen molar-refractivity contribution < 1.29 is 0 Å². The van der Waals surface area contributed by atoms with Crippen LogP contribution in [0.25, 0.3) is 22.6 Å². The minimum absolute atomic E-state index is 0.570. The molecule has 1 aromatic carbocycles. The Balaban J connectivity index is 1.64. The lowest BCUT2D eigenvalue weighted by atomic mass is 10.1. The van der Waals surface area contributed by atoms with Gasteiger partial charge in [0.05, 0.1) is 18.4 Å². The minimum atomic E-state index is 0.570. The van der Waals surface area contributed by atoms with Crippen molar-refractivity contribution in [1.82, 2.24) is 29.6 Å². The lowest BCUT2D eigenvalue weighted by Gasteiger charge is -2.24. The van der Waals surface area contributed by atoms with E-state index in [0.717, 1.165) is 35.0 Å².